The molecule has 0 amide bonds. The average Bonchev–Trinajstić information content (AvgIpc) is 3.25. The second-order valence-corrected chi connectivity index (χ2v) is 5.76. The highest BCUT2D eigenvalue weighted by atomic mass is 35.5. The molecule has 1 N–H and O–H groups in total. The van der Waals surface area contributed by atoms with Crippen molar-refractivity contribution in [1.82, 2.24) is 19.7 Å². The first-order valence-electron chi connectivity index (χ1n) is 7.47. The van der Waals surface area contributed by atoms with Crippen LogP contribution < -0.4 is 5.32 Å². The van der Waals surface area contributed by atoms with Crippen LogP contribution in [0.15, 0.2) is 59.6 Å². The summed E-state index contributed by atoms with van der Waals surface area (Å²) in [6, 6.07) is 11.5. The van der Waals surface area contributed by atoms with Crippen molar-refractivity contribution in [3.05, 3.63) is 71.5 Å². The van der Waals surface area contributed by atoms with E-state index in [0.29, 0.717) is 13.1 Å². The van der Waals surface area contributed by atoms with Gasteiger partial charge in [0.05, 0.1) is 30.9 Å². The summed E-state index contributed by atoms with van der Waals surface area (Å²) in [6.07, 6.45) is 4.96. The Morgan fingerprint density at radius 2 is 2.00 bits per heavy atom. The first kappa shape index (κ1) is 14.7. The lowest BCUT2D eigenvalue weighted by molar-refractivity contribution is 0.518. The Balaban J connectivity index is 1.59. The molecule has 120 valence electrons. The van der Waals surface area contributed by atoms with Crippen molar-refractivity contribution < 1.29 is 4.42 Å². The molecule has 0 saturated carbocycles. The van der Waals surface area contributed by atoms with Crippen molar-refractivity contribution >= 4 is 28.5 Å². The number of hydrogen-bond acceptors (Lipinski definition) is 5. The number of anilines is 1. The van der Waals surface area contributed by atoms with Crippen molar-refractivity contribution in [2.75, 3.05) is 5.32 Å². The van der Waals surface area contributed by atoms with Gasteiger partial charge in [-0.05, 0) is 29.8 Å². The molecule has 0 atom stereocenters. The molecule has 0 aliphatic rings. The monoisotopic (exact) mass is 339 g/mol. The fourth-order valence-electron chi connectivity index (χ4n) is 2.50. The van der Waals surface area contributed by atoms with Crippen LogP contribution >= 0.6 is 11.6 Å². The quantitative estimate of drug-likeness (QED) is 0.600. The maximum Gasteiger partial charge on any atom is 0.163 e. The number of rotatable bonds is 5. The number of aromatic nitrogens is 4. The minimum Gasteiger partial charge on any atom is -0.467 e. The van der Waals surface area contributed by atoms with Gasteiger partial charge in [-0.3, -0.25) is 0 Å². The van der Waals surface area contributed by atoms with Gasteiger partial charge in [-0.1, -0.05) is 23.7 Å². The van der Waals surface area contributed by atoms with E-state index in [1.807, 2.05) is 41.1 Å². The first-order chi connectivity index (χ1) is 11.8. The molecule has 0 aliphatic heterocycles. The number of halogens is 1. The molecule has 0 spiro atoms. The molecule has 0 aliphatic carbocycles. The van der Waals surface area contributed by atoms with Gasteiger partial charge >= 0.3 is 0 Å². The van der Waals surface area contributed by atoms with E-state index in [2.05, 4.69) is 20.4 Å². The Hall–Kier alpha value is -2.86. The zero-order valence-corrected chi connectivity index (χ0v) is 13.4. The van der Waals surface area contributed by atoms with Gasteiger partial charge in [0.1, 0.15) is 17.9 Å². The van der Waals surface area contributed by atoms with Crippen molar-refractivity contribution in [3.8, 4) is 0 Å². The van der Waals surface area contributed by atoms with E-state index in [-0.39, 0.29) is 0 Å². The smallest absolute Gasteiger partial charge is 0.163 e. The lowest BCUT2D eigenvalue weighted by Gasteiger charge is -2.06. The van der Waals surface area contributed by atoms with Crippen LogP contribution in [-0.4, -0.2) is 19.7 Å². The van der Waals surface area contributed by atoms with E-state index in [9.17, 15) is 0 Å². The van der Waals surface area contributed by atoms with Crippen molar-refractivity contribution in [2.45, 2.75) is 13.1 Å². The van der Waals surface area contributed by atoms with Gasteiger partial charge in [0.15, 0.2) is 5.65 Å². The molecule has 0 fully saturated rings. The van der Waals surface area contributed by atoms with Gasteiger partial charge in [0, 0.05) is 5.02 Å². The maximum atomic E-state index is 5.93. The van der Waals surface area contributed by atoms with E-state index >= 15 is 0 Å². The van der Waals surface area contributed by atoms with Gasteiger partial charge in [-0.2, -0.15) is 5.10 Å². The Bertz CT molecular complexity index is 947. The molecular formula is C17H14ClN5O. The van der Waals surface area contributed by atoms with Crippen LogP contribution in [0.5, 0.6) is 0 Å². The third-order valence-electron chi connectivity index (χ3n) is 3.69. The molecule has 24 heavy (non-hydrogen) atoms. The summed E-state index contributed by atoms with van der Waals surface area (Å²) in [4.78, 5) is 8.66. The summed E-state index contributed by atoms with van der Waals surface area (Å²) in [5.41, 5.74) is 1.88. The Labute approximate surface area is 143 Å². The van der Waals surface area contributed by atoms with E-state index in [1.54, 1.807) is 12.5 Å². The van der Waals surface area contributed by atoms with Crippen LogP contribution in [0, 0.1) is 0 Å². The Morgan fingerprint density at radius 1 is 1.12 bits per heavy atom. The third-order valence-corrected chi connectivity index (χ3v) is 3.94. The van der Waals surface area contributed by atoms with Crippen LogP contribution in [0.4, 0.5) is 5.82 Å². The fourth-order valence-corrected chi connectivity index (χ4v) is 2.62. The second kappa shape index (κ2) is 6.33. The molecule has 0 radical (unpaired) electrons. The highest BCUT2D eigenvalue weighted by Gasteiger charge is 2.10. The number of fused-ring (bicyclic) bond motifs is 1. The zero-order chi connectivity index (χ0) is 16.4. The minimum atomic E-state index is 0.557. The van der Waals surface area contributed by atoms with Crippen molar-refractivity contribution in [3.63, 3.8) is 0 Å². The number of furan rings is 1. The molecule has 4 rings (SSSR count). The Morgan fingerprint density at radius 3 is 2.79 bits per heavy atom. The van der Waals surface area contributed by atoms with Crippen LogP contribution in [0.25, 0.3) is 11.0 Å². The molecule has 0 bridgehead atoms. The summed E-state index contributed by atoms with van der Waals surface area (Å²) in [5, 5.41) is 9.29. The lowest BCUT2D eigenvalue weighted by atomic mass is 10.2. The second-order valence-electron chi connectivity index (χ2n) is 5.32. The largest absolute Gasteiger partial charge is 0.467 e. The van der Waals surface area contributed by atoms with Gasteiger partial charge in [-0.15, -0.1) is 0 Å². The number of hydrogen-bond donors (Lipinski definition) is 1. The molecule has 3 heterocycles. The summed E-state index contributed by atoms with van der Waals surface area (Å²) in [6.45, 7) is 1.18. The SMILES string of the molecule is Clc1ccc(Cn2ncc3c(NCc4ccco4)ncnc32)cc1. The Kier molecular flexibility index (Phi) is 3.88. The van der Waals surface area contributed by atoms with Crippen LogP contribution in [0.3, 0.4) is 0 Å². The maximum absolute atomic E-state index is 5.93. The highest BCUT2D eigenvalue weighted by Crippen LogP contribution is 2.20. The van der Waals surface area contributed by atoms with Gasteiger partial charge in [0.2, 0.25) is 0 Å². The van der Waals surface area contributed by atoms with Gasteiger partial charge in [0.25, 0.3) is 0 Å². The van der Waals surface area contributed by atoms with E-state index in [0.717, 1.165) is 33.2 Å². The zero-order valence-electron chi connectivity index (χ0n) is 12.7. The van der Waals surface area contributed by atoms with Gasteiger partial charge < -0.3 is 9.73 Å². The van der Waals surface area contributed by atoms with Crippen LogP contribution in [0.1, 0.15) is 11.3 Å². The molecule has 4 aromatic rings. The number of benzene rings is 1. The van der Waals surface area contributed by atoms with E-state index in [1.165, 1.54) is 6.33 Å². The molecule has 7 heteroatoms. The van der Waals surface area contributed by atoms with E-state index < -0.39 is 0 Å². The third kappa shape index (κ3) is 2.96. The predicted molar refractivity (Wildman–Crippen MR) is 91.9 cm³/mol. The fraction of sp³-hybridized carbons (Fsp3) is 0.118. The summed E-state index contributed by atoms with van der Waals surface area (Å²) in [7, 11) is 0. The average molecular weight is 340 g/mol. The number of nitrogens with one attached hydrogen (secondary N) is 1. The molecule has 0 unspecified atom stereocenters. The van der Waals surface area contributed by atoms with Crippen LogP contribution in [-0.2, 0) is 13.1 Å². The number of nitrogens with zero attached hydrogens (tertiary/aromatic N) is 4. The topological polar surface area (TPSA) is 68.8 Å². The standard InChI is InChI=1S/C17H14ClN5O/c18-13-5-3-12(4-6-13)10-23-17-15(9-22-23)16(20-11-21-17)19-8-14-2-1-7-24-14/h1-7,9,11H,8,10H2,(H,19,20,21). The summed E-state index contributed by atoms with van der Waals surface area (Å²) >= 11 is 5.93. The highest BCUT2D eigenvalue weighted by molar-refractivity contribution is 6.30. The molecule has 3 aromatic heterocycles. The van der Waals surface area contributed by atoms with Gasteiger partial charge in [-0.25, -0.2) is 14.6 Å². The summed E-state index contributed by atoms with van der Waals surface area (Å²) < 4.78 is 7.17. The van der Waals surface area contributed by atoms with Crippen molar-refractivity contribution in [2.24, 2.45) is 0 Å². The molecular weight excluding hydrogens is 326 g/mol. The van der Waals surface area contributed by atoms with Crippen LogP contribution in [0.2, 0.25) is 5.02 Å². The normalized spacial score (nSPS) is 11.0. The first-order valence-corrected chi connectivity index (χ1v) is 7.84. The molecule has 0 saturated heterocycles. The van der Waals surface area contributed by atoms with E-state index in [4.69, 9.17) is 16.0 Å². The lowest BCUT2D eigenvalue weighted by Crippen LogP contribution is -2.04. The predicted octanol–water partition coefficient (Wildman–Crippen LogP) is 3.73. The molecule has 1 aromatic carbocycles. The summed E-state index contributed by atoms with van der Waals surface area (Å²) in [5.74, 6) is 1.58. The minimum absolute atomic E-state index is 0.557. The molecule has 6 nitrogen and oxygen atoms in total. The van der Waals surface area contributed by atoms with Crippen molar-refractivity contribution in [1.29, 1.82) is 0 Å².